The van der Waals surface area contributed by atoms with Crippen LogP contribution in [0.5, 0.6) is 5.75 Å². The summed E-state index contributed by atoms with van der Waals surface area (Å²) in [6.07, 6.45) is 2.08. The number of nitrogens with zero attached hydrogens (tertiary/aromatic N) is 1. The fourth-order valence-electron chi connectivity index (χ4n) is 2.71. The zero-order valence-electron chi connectivity index (χ0n) is 15.9. The van der Waals surface area contributed by atoms with Gasteiger partial charge in [-0.15, -0.1) is 11.3 Å². The molecule has 3 aromatic rings. The first kappa shape index (κ1) is 20.8. The zero-order valence-corrected chi connectivity index (χ0v) is 16.7. The van der Waals surface area contributed by atoms with Crippen molar-refractivity contribution >= 4 is 17.2 Å². The fourth-order valence-corrected chi connectivity index (χ4v) is 3.79. The van der Waals surface area contributed by atoms with E-state index in [9.17, 15) is 14.0 Å². The number of aromatic nitrogens is 1. The van der Waals surface area contributed by atoms with Gasteiger partial charge in [0, 0.05) is 31.8 Å². The van der Waals surface area contributed by atoms with Gasteiger partial charge in [0.2, 0.25) is 0 Å². The quantitative estimate of drug-likeness (QED) is 0.553. The highest BCUT2D eigenvalue weighted by molar-refractivity contribution is 7.16. The number of aliphatic hydroxyl groups is 1. The molecule has 0 spiro atoms. The van der Waals surface area contributed by atoms with Crippen LogP contribution in [0.2, 0.25) is 0 Å². The van der Waals surface area contributed by atoms with E-state index in [-0.39, 0.29) is 30.4 Å². The van der Waals surface area contributed by atoms with Crippen molar-refractivity contribution in [1.29, 1.82) is 0 Å². The van der Waals surface area contributed by atoms with Crippen LogP contribution >= 0.6 is 11.3 Å². The number of rotatable bonds is 8. The van der Waals surface area contributed by atoms with Crippen molar-refractivity contribution in [1.82, 2.24) is 9.88 Å². The maximum Gasteiger partial charge on any atom is 0.261 e. The summed E-state index contributed by atoms with van der Waals surface area (Å²) in [7, 11) is 0. The van der Waals surface area contributed by atoms with E-state index in [1.165, 1.54) is 34.1 Å². The van der Waals surface area contributed by atoms with Crippen LogP contribution in [0.15, 0.2) is 53.5 Å². The van der Waals surface area contributed by atoms with Gasteiger partial charge in [-0.2, -0.15) is 0 Å². The molecule has 0 aliphatic rings. The lowest BCUT2D eigenvalue weighted by atomic mass is 10.2. The van der Waals surface area contributed by atoms with Crippen molar-refractivity contribution in [3.8, 4) is 10.8 Å². The number of nitrogens with one attached hydrogen (secondary N) is 1. The summed E-state index contributed by atoms with van der Waals surface area (Å²) in [6, 6.07) is 10.9. The number of benzene rings is 1. The summed E-state index contributed by atoms with van der Waals surface area (Å²) in [5, 5.41) is 12.2. The van der Waals surface area contributed by atoms with Crippen molar-refractivity contribution in [3.63, 3.8) is 0 Å². The second-order valence-electron chi connectivity index (χ2n) is 6.41. The molecule has 8 heteroatoms. The van der Waals surface area contributed by atoms with Crippen LogP contribution in [0, 0.1) is 12.7 Å². The van der Waals surface area contributed by atoms with Crippen LogP contribution < -0.4 is 15.6 Å². The van der Waals surface area contributed by atoms with E-state index >= 15 is 0 Å². The Balaban J connectivity index is 1.72. The number of ether oxygens (including phenoxy) is 1. The fraction of sp³-hybridized carbons (Fsp3) is 0.238. The average Bonchev–Trinajstić information content (AvgIpc) is 3.08. The first-order chi connectivity index (χ1) is 14.0. The molecule has 2 aromatic heterocycles. The summed E-state index contributed by atoms with van der Waals surface area (Å²) >= 11 is 1.20. The van der Waals surface area contributed by atoms with E-state index < -0.39 is 0 Å². The van der Waals surface area contributed by atoms with Crippen LogP contribution in [0.4, 0.5) is 4.39 Å². The molecule has 0 radical (unpaired) electrons. The monoisotopic (exact) mass is 416 g/mol. The highest BCUT2D eigenvalue weighted by atomic mass is 32.1. The van der Waals surface area contributed by atoms with Gasteiger partial charge in [-0.1, -0.05) is 12.1 Å². The molecule has 0 saturated heterocycles. The van der Waals surface area contributed by atoms with E-state index in [2.05, 4.69) is 5.32 Å². The number of aliphatic hydroxyl groups excluding tert-OH is 1. The van der Waals surface area contributed by atoms with Gasteiger partial charge in [-0.05, 0) is 42.3 Å². The predicted molar refractivity (Wildman–Crippen MR) is 109 cm³/mol. The lowest BCUT2D eigenvalue weighted by Gasteiger charge is -2.07. The van der Waals surface area contributed by atoms with Crippen LogP contribution in [0.25, 0.3) is 5.00 Å². The number of hydrogen-bond acceptors (Lipinski definition) is 5. The van der Waals surface area contributed by atoms with Gasteiger partial charge in [-0.25, -0.2) is 4.39 Å². The minimum Gasteiger partial charge on any atom is -0.493 e. The highest BCUT2D eigenvalue weighted by Crippen LogP contribution is 2.25. The van der Waals surface area contributed by atoms with E-state index in [0.717, 1.165) is 5.56 Å². The Morgan fingerprint density at radius 3 is 2.83 bits per heavy atom. The molecule has 152 valence electrons. The molecule has 0 unspecified atom stereocenters. The van der Waals surface area contributed by atoms with E-state index in [4.69, 9.17) is 9.84 Å². The smallest absolute Gasteiger partial charge is 0.261 e. The Labute approximate surface area is 171 Å². The third-order valence-corrected chi connectivity index (χ3v) is 5.39. The van der Waals surface area contributed by atoms with Crippen molar-refractivity contribution in [2.45, 2.75) is 19.9 Å². The number of carbonyl (C=O) groups is 1. The lowest BCUT2D eigenvalue weighted by molar-refractivity contribution is 0.0954. The van der Waals surface area contributed by atoms with Gasteiger partial charge in [0.05, 0.1) is 11.5 Å². The SMILES string of the molecule is Cc1cc(-n2ccc(OCCCO)cc2=O)sc1C(=O)NCc1cccc(F)c1. The zero-order chi connectivity index (χ0) is 20.8. The third-order valence-electron chi connectivity index (χ3n) is 4.15. The summed E-state index contributed by atoms with van der Waals surface area (Å²) in [5.74, 6) is -0.199. The molecule has 0 aliphatic carbocycles. The first-order valence-corrected chi connectivity index (χ1v) is 9.89. The maximum absolute atomic E-state index is 13.3. The normalized spacial score (nSPS) is 10.7. The standard InChI is InChI=1S/C21H21FN2O4S/c1-14-10-19(24-7-6-17(12-18(24)26)28-9-3-8-25)29-20(14)21(27)23-13-15-4-2-5-16(22)11-15/h2,4-7,10-12,25H,3,8-9,13H2,1H3,(H,23,27). The van der Waals surface area contributed by atoms with Crippen molar-refractivity contribution in [3.05, 3.63) is 80.8 Å². The Hall–Kier alpha value is -2.97. The van der Waals surface area contributed by atoms with Crippen LogP contribution in [0.1, 0.15) is 27.2 Å². The molecule has 6 nitrogen and oxygen atoms in total. The molecule has 2 heterocycles. The summed E-state index contributed by atoms with van der Waals surface area (Å²) < 4.78 is 20.1. The summed E-state index contributed by atoms with van der Waals surface area (Å²) in [5.41, 5.74) is 1.14. The number of thiophene rings is 1. The minimum absolute atomic E-state index is 0.0234. The topological polar surface area (TPSA) is 80.6 Å². The third kappa shape index (κ3) is 5.30. The van der Waals surface area contributed by atoms with Gasteiger partial charge in [0.15, 0.2) is 0 Å². The Morgan fingerprint density at radius 1 is 1.28 bits per heavy atom. The second-order valence-corrected chi connectivity index (χ2v) is 7.44. The van der Waals surface area contributed by atoms with Crippen LogP contribution in [0.3, 0.4) is 0 Å². The maximum atomic E-state index is 13.3. The van der Waals surface area contributed by atoms with Crippen molar-refractivity contribution < 1.29 is 19.0 Å². The molecule has 0 atom stereocenters. The first-order valence-electron chi connectivity index (χ1n) is 9.08. The van der Waals surface area contributed by atoms with Gasteiger partial charge >= 0.3 is 0 Å². The van der Waals surface area contributed by atoms with E-state index in [0.29, 0.717) is 34.2 Å². The molecule has 1 aromatic carbocycles. The van der Waals surface area contributed by atoms with Gasteiger partial charge in [-0.3, -0.25) is 14.2 Å². The average molecular weight is 416 g/mol. The molecule has 1 amide bonds. The van der Waals surface area contributed by atoms with Crippen LogP contribution in [-0.2, 0) is 6.54 Å². The predicted octanol–water partition coefficient (Wildman–Crippen LogP) is 3.04. The van der Waals surface area contributed by atoms with E-state index in [1.54, 1.807) is 37.4 Å². The Bertz CT molecular complexity index is 1060. The molecule has 29 heavy (non-hydrogen) atoms. The number of amides is 1. The molecule has 0 saturated carbocycles. The molecule has 2 N–H and O–H groups in total. The van der Waals surface area contributed by atoms with Gasteiger partial charge in [0.25, 0.3) is 11.5 Å². The number of aryl methyl sites for hydroxylation is 1. The van der Waals surface area contributed by atoms with Crippen molar-refractivity contribution in [2.75, 3.05) is 13.2 Å². The van der Waals surface area contributed by atoms with Crippen LogP contribution in [-0.4, -0.2) is 28.8 Å². The van der Waals surface area contributed by atoms with Gasteiger partial charge in [0.1, 0.15) is 16.6 Å². The Kier molecular flexibility index (Phi) is 6.79. The molecule has 0 aliphatic heterocycles. The highest BCUT2D eigenvalue weighted by Gasteiger charge is 2.15. The second kappa shape index (κ2) is 9.49. The van der Waals surface area contributed by atoms with Gasteiger partial charge < -0.3 is 15.2 Å². The number of pyridine rings is 1. The minimum atomic E-state index is -0.352. The van der Waals surface area contributed by atoms with Crippen molar-refractivity contribution in [2.24, 2.45) is 0 Å². The molecule has 0 fully saturated rings. The molecule has 3 rings (SSSR count). The van der Waals surface area contributed by atoms with E-state index in [1.807, 2.05) is 0 Å². The Morgan fingerprint density at radius 2 is 2.10 bits per heavy atom. The lowest BCUT2D eigenvalue weighted by Crippen LogP contribution is -2.22. The summed E-state index contributed by atoms with van der Waals surface area (Å²) in [4.78, 5) is 25.4. The summed E-state index contributed by atoms with van der Waals surface area (Å²) in [6.45, 7) is 2.36. The molecular weight excluding hydrogens is 395 g/mol. The largest absolute Gasteiger partial charge is 0.493 e. The number of hydrogen-bond donors (Lipinski definition) is 2. The number of carbonyl (C=O) groups excluding carboxylic acids is 1. The molecular formula is C21H21FN2O4S. The number of halogens is 1. The molecule has 0 bridgehead atoms.